The van der Waals surface area contributed by atoms with Gasteiger partial charge in [0.05, 0.1) is 12.7 Å². The number of nitrogens with zero attached hydrogens (tertiary/aromatic N) is 1. The van der Waals surface area contributed by atoms with E-state index in [-0.39, 0.29) is 18.7 Å². The fourth-order valence-electron chi connectivity index (χ4n) is 1.55. The highest BCUT2D eigenvalue weighted by atomic mass is 16.5. The minimum Gasteiger partial charge on any atom is -0.462 e. The molecule has 0 saturated carbocycles. The monoisotopic (exact) mass is 314 g/mol. The average molecular weight is 314 g/mol. The smallest absolute Gasteiger partial charge is 0.331 e. The van der Waals surface area contributed by atoms with Crippen LogP contribution >= 0.6 is 0 Å². The van der Waals surface area contributed by atoms with Gasteiger partial charge in [0.15, 0.2) is 0 Å². The molecule has 0 rings (SSSR count). The Morgan fingerprint density at radius 3 is 2.32 bits per heavy atom. The van der Waals surface area contributed by atoms with Crippen LogP contribution in [0.2, 0.25) is 0 Å². The van der Waals surface area contributed by atoms with E-state index in [0.29, 0.717) is 26.1 Å². The second-order valence-electron chi connectivity index (χ2n) is 4.76. The Morgan fingerprint density at radius 1 is 1.14 bits per heavy atom. The summed E-state index contributed by atoms with van der Waals surface area (Å²) in [6, 6.07) is -0.132. The molecule has 2 amide bonds. The van der Waals surface area contributed by atoms with Crippen LogP contribution in [0.5, 0.6) is 0 Å². The lowest BCUT2D eigenvalue weighted by molar-refractivity contribution is -0.142. The summed E-state index contributed by atoms with van der Waals surface area (Å²) in [5, 5.41) is 2.71. The summed E-state index contributed by atoms with van der Waals surface area (Å²) in [5.41, 5.74) is 0. The maximum Gasteiger partial charge on any atom is 0.331 e. The number of amides is 2. The van der Waals surface area contributed by atoms with Gasteiger partial charge in [-0.25, -0.2) is 14.4 Å². The van der Waals surface area contributed by atoms with E-state index in [2.05, 4.69) is 5.32 Å². The van der Waals surface area contributed by atoms with Crippen molar-refractivity contribution in [2.24, 2.45) is 0 Å². The number of ether oxygens (including phenoxy) is 2. The molecule has 0 unspecified atom stereocenters. The van der Waals surface area contributed by atoms with E-state index in [4.69, 9.17) is 9.47 Å². The number of rotatable bonds is 9. The van der Waals surface area contributed by atoms with Crippen molar-refractivity contribution in [3.8, 4) is 0 Å². The minimum atomic E-state index is -0.609. The number of hydrogen-bond acceptors (Lipinski definition) is 5. The first-order valence-corrected chi connectivity index (χ1v) is 7.48. The summed E-state index contributed by atoms with van der Waals surface area (Å²) in [7, 11) is 0. The lowest BCUT2D eigenvalue weighted by Crippen LogP contribution is -2.40. The van der Waals surface area contributed by atoms with Gasteiger partial charge in [-0.05, 0) is 34.1 Å². The average Bonchev–Trinajstić information content (AvgIpc) is 2.44. The highest BCUT2D eigenvalue weighted by Crippen LogP contribution is 1.95. The van der Waals surface area contributed by atoms with Gasteiger partial charge in [0.2, 0.25) is 0 Å². The molecule has 1 N–H and O–H groups in total. The Balaban J connectivity index is 3.95. The number of carbonyl (C=O) groups excluding carboxylic acids is 3. The first-order valence-electron chi connectivity index (χ1n) is 7.48. The molecule has 0 saturated heterocycles. The van der Waals surface area contributed by atoms with Crippen LogP contribution in [0.4, 0.5) is 4.79 Å². The van der Waals surface area contributed by atoms with Gasteiger partial charge in [0.25, 0.3) is 0 Å². The molecule has 0 aliphatic rings. The Hall–Kier alpha value is -2.05. The van der Waals surface area contributed by atoms with Crippen LogP contribution in [-0.4, -0.2) is 55.2 Å². The highest BCUT2D eigenvalue weighted by Gasteiger charge is 2.09. The topological polar surface area (TPSA) is 84.9 Å². The van der Waals surface area contributed by atoms with E-state index in [1.807, 2.05) is 13.8 Å². The third-order valence-corrected chi connectivity index (χ3v) is 2.52. The van der Waals surface area contributed by atoms with E-state index in [1.165, 1.54) is 0 Å². The van der Waals surface area contributed by atoms with Crippen molar-refractivity contribution in [2.45, 2.75) is 40.2 Å². The fraction of sp³-hybridized carbons (Fsp3) is 0.667. The molecular weight excluding hydrogens is 288 g/mol. The number of esters is 2. The number of hydrogen-bond donors (Lipinski definition) is 1. The van der Waals surface area contributed by atoms with Gasteiger partial charge in [0.1, 0.15) is 0 Å². The molecule has 22 heavy (non-hydrogen) atoms. The van der Waals surface area contributed by atoms with Crippen molar-refractivity contribution in [3.05, 3.63) is 12.2 Å². The standard InChI is InChI=1S/C15H26N2O5/c1-5-16-15(20)17(6-2)10-7-11-21-13(18)8-9-14(19)22-12(3)4/h8-9,12H,5-7,10-11H2,1-4H3,(H,16,20)/b9-8+. The van der Waals surface area contributed by atoms with Crippen LogP contribution < -0.4 is 5.32 Å². The molecule has 0 fully saturated rings. The van der Waals surface area contributed by atoms with Crippen LogP contribution in [0, 0.1) is 0 Å². The Morgan fingerprint density at radius 2 is 1.77 bits per heavy atom. The Kier molecular flexibility index (Phi) is 10.5. The quantitative estimate of drug-likeness (QED) is 0.396. The van der Waals surface area contributed by atoms with Gasteiger partial charge in [-0.2, -0.15) is 0 Å². The highest BCUT2D eigenvalue weighted by molar-refractivity contribution is 5.91. The first kappa shape index (κ1) is 19.9. The number of urea groups is 1. The second kappa shape index (κ2) is 11.6. The molecule has 0 heterocycles. The zero-order valence-electron chi connectivity index (χ0n) is 13.8. The van der Waals surface area contributed by atoms with Crippen molar-refractivity contribution in [3.63, 3.8) is 0 Å². The number of carbonyl (C=O) groups is 3. The van der Waals surface area contributed by atoms with Crippen LogP contribution in [0.15, 0.2) is 12.2 Å². The predicted octanol–water partition coefficient (Wildman–Crippen LogP) is 1.48. The van der Waals surface area contributed by atoms with E-state index in [9.17, 15) is 14.4 Å². The fourth-order valence-corrected chi connectivity index (χ4v) is 1.55. The zero-order valence-corrected chi connectivity index (χ0v) is 13.8. The first-order chi connectivity index (χ1) is 10.4. The van der Waals surface area contributed by atoms with Crippen LogP contribution in [-0.2, 0) is 19.1 Å². The number of nitrogens with one attached hydrogen (secondary N) is 1. The molecule has 7 heteroatoms. The molecule has 0 aromatic carbocycles. The van der Waals surface area contributed by atoms with Crippen molar-refractivity contribution in [1.82, 2.24) is 10.2 Å². The summed E-state index contributed by atoms with van der Waals surface area (Å²) < 4.78 is 9.78. The lowest BCUT2D eigenvalue weighted by Gasteiger charge is -2.20. The van der Waals surface area contributed by atoms with Crippen LogP contribution in [0.25, 0.3) is 0 Å². The van der Waals surface area contributed by atoms with Crippen molar-refractivity contribution in [2.75, 3.05) is 26.2 Å². The van der Waals surface area contributed by atoms with E-state index in [1.54, 1.807) is 18.7 Å². The summed E-state index contributed by atoms with van der Waals surface area (Å²) in [6.07, 6.45) is 2.37. The largest absolute Gasteiger partial charge is 0.462 e. The maximum atomic E-state index is 11.6. The summed E-state index contributed by atoms with van der Waals surface area (Å²) in [4.78, 5) is 35.8. The van der Waals surface area contributed by atoms with Crippen LogP contribution in [0.3, 0.4) is 0 Å². The van der Waals surface area contributed by atoms with Crippen molar-refractivity contribution >= 4 is 18.0 Å². The van der Waals surface area contributed by atoms with Gasteiger partial charge >= 0.3 is 18.0 Å². The molecule has 0 spiro atoms. The molecule has 0 bridgehead atoms. The van der Waals surface area contributed by atoms with Gasteiger partial charge in [-0.1, -0.05) is 0 Å². The van der Waals surface area contributed by atoms with Crippen molar-refractivity contribution in [1.29, 1.82) is 0 Å². The van der Waals surface area contributed by atoms with Crippen LogP contribution in [0.1, 0.15) is 34.1 Å². The van der Waals surface area contributed by atoms with Gasteiger partial charge < -0.3 is 19.7 Å². The van der Waals surface area contributed by atoms with Crippen molar-refractivity contribution < 1.29 is 23.9 Å². The third kappa shape index (κ3) is 9.79. The molecule has 0 atom stereocenters. The van der Waals surface area contributed by atoms with Gasteiger partial charge in [-0.3, -0.25) is 0 Å². The summed E-state index contributed by atoms with van der Waals surface area (Å²) in [5.74, 6) is -1.19. The summed E-state index contributed by atoms with van der Waals surface area (Å²) >= 11 is 0. The van der Waals surface area contributed by atoms with Gasteiger partial charge in [-0.15, -0.1) is 0 Å². The maximum absolute atomic E-state index is 11.6. The summed E-state index contributed by atoms with van der Waals surface area (Å²) in [6.45, 7) is 9.00. The minimum absolute atomic E-state index is 0.132. The molecule has 0 radical (unpaired) electrons. The van der Waals surface area contributed by atoms with E-state index >= 15 is 0 Å². The Labute approximate surface area is 131 Å². The lowest BCUT2D eigenvalue weighted by atomic mass is 10.4. The normalized spacial score (nSPS) is 10.6. The van der Waals surface area contributed by atoms with E-state index in [0.717, 1.165) is 12.2 Å². The van der Waals surface area contributed by atoms with Gasteiger partial charge in [0, 0.05) is 31.8 Å². The molecule has 0 aromatic rings. The molecule has 0 aliphatic heterocycles. The molecule has 7 nitrogen and oxygen atoms in total. The zero-order chi connectivity index (χ0) is 17.0. The van der Waals surface area contributed by atoms with E-state index < -0.39 is 11.9 Å². The Bertz CT molecular complexity index is 393. The molecule has 126 valence electrons. The molecule has 0 aromatic heterocycles. The third-order valence-electron chi connectivity index (χ3n) is 2.52. The second-order valence-corrected chi connectivity index (χ2v) is 4.76. The molecule has 0 aliphatic carbocycles. The SMILES string of the molecule is CCNC(=O)N(CC)CCCOC(=O)/C=C/C(=O)OC(C)C. The molecular formula is C15H26N2O5. The predicted molar refractivity (Wildman–Crippen MR) is 82.3 cm³/mol.